The first-order chi connectivity index (χ1) is 14.6. The maximum absolute atomic E-state index is 12.5. The number of para-hydroxylation sites is 1. The number of benzene rings is 2. The minimum Gasteiger partial charge on any atom is -0.491 e. The average molecular weight is 403 g/mol. The van der Waals surface area contributed by atoms with Crippen LogP contribution in [0.25, 0.3) is 10.9 Å². The molecule has 0 amide bonds. The molecule has 4 rings (SSSR count). The van der Waals surface area contributed by atoms with Crippen LogP contribution in [0.2, 0.25) is 0 Å². The van der Waals surface area contributed by atoms with Gasteiger partial charge in [-0.25, -0.2) is 4.79 Å². The number of fused-ring (bicyclic) bond motifs is 1. The standard InChI is InChI=1S/C25H25NO4/c27-22-13-12-18(7-1-5-17-6-2-9-20(15-17)25(28)29)21(22)16-30-23-11-3-8-19-10-4-14-26-24(19)23/h2-4,6,8-11,14-15,18,21H,1,5,7,12-13,16H2,(H,28,29)/t18-,21+/m0/s1. The predicted octanol–water partition coefficient (Wildman–Crippen LogP) is 4.93. The maximum Gasteiger partial charge on any atom is 0.335 e. The van der Waals surface area contributed by atoms with Crippen LogP contribution in [0.4, 0.5) is 0 Å². The van der Waals surface area contributed by atoms with Crippen molar-refractivity contribution in [3.63, 3.8) is 0 Å². The third kappa shape index (κ3) is 4.51. The summed E-state index contributed by atoms with van der Waals surface area (Å²) in [6.07, 6.45) is 5.93. The van der Waals surface area contributed by atoms with Gasteiger partial charge in [0.1, 0.15) is 17.0 Å². The van der Waals surface area contributed by atoms with Crippen LogP contribution < -0.4 is 4.74 Å². The van der Waals surface area contributed by atoms with Crippen molar-refractivity contribution in [2.75, 3.05) is 6.61 Å². The number of ether oxygens (including phenoxy) is 1. The Labute approximate surface area is 175 Å². The van der Waals surface area contributed by atoms with Crippen molar-refractivity contribution >= 4 is 22.7 Å². The first kappa shape index (κ1) is 20.1. The van der Waals surface area contributed by atoms with Gasteiger partial charge in [0.05, 0.1) is 18.1 Å². The first-order valence-electron chi connectivity index (χ1n) is 10.4. The van der Waals surface area contributed by atoms with Gasteiger partial charge in [-0.1, -0.05) is 30.3 Å². The van der Waals surface area contributed by atoms with Crippen LogP contribution in [0.3, 0.4) is 0 Å². The summed E-state index contributed by atoms with van der Waals surface area (Å²) in [6.45, 7) is 0.383. The minimum atomic E-state index is -0.904. The van der Waals surface area contributed by atoms with Gasteiger partial charge in [-0.3, -0.25) is 9.78 Å². The van der Waals surface area contributed by atoms with Gasteiger partial charge in [0.25, 0.3) is 0 Å². The van der Waals surface area contributed by atoms with Gasteiger partial charge in [-0.15, -0.1) is 0 Å². The number of carboxylic acid groups (broad SMARTS) is 1. The average Bonchev–Trinajstić information content (AvgIpc) is 3.11. The Balaban J connectivity index is 1.35. The van der Waals surface area contributed by atoms with Crippen LogP contribution in [-0.4, -0.2) is 28.4 Å². The molecule has 0 radical (unpaired) electrons. The fraction of sp³-hybridized carbons (Fsp3) is 0.320. The molecular formula is C25H25NO4. The first-order valence-corrected chi connectivity index (χ1v) is 10.4. The number of Topliss-reactive ketones (excluding diaryl/α,β-unsaturated/α-hetero) is 1. The van der Waals surface area contributed by atoms with Crippen molar-refractivity contribution in [3.8, 4) is 5.75 Å². The lowest BCUT2D eigenvalue weighted by Crippen LogP contribution is -2.23. The molecule has 3 aromatic rings. The molecule has 0 unspecified atom stereocenters. The van der Waals surface area contributed by atoms with Crippen molar-refractivity contribution in [2.45, 2.75) is 32.1 Å². The summed E-state index contributed by atoms with van der Waals surface area (Å²) in [5.41, 5.74) is 2.16. The normalized spacial score (nSPS) is 18.6. The molecule has 1 aromatic heterocycles. The van der Waals surface area contributed by atoms with Gasteiger partial charge < -0.3 is 9.84 Å². The highest BCUT2D eigenvalue weighted by Gasteiger charge is 2.34. The number of aryl methyl sites for hydroxylation is 1. The van der Waals surface area contributed by atoms with Gasteiger partial charge >= 0.3 is 5.97 Å². The van der Waals surface area contributed by atoms with Crippen LogP contribution >= 0.6 is 0 Å². The van der Waals surface area contributed by atoms with Crippen molar-refractivity contribution in [1.29, 1.82) is 0 Å². The molecule has 30 heavy (non-hydrogen) atoms. The second-order valence-corrected chi connectivity index (χ2v) is 7.91. The van der Waals surface area contributed by atoms with Gasteiger partial charge in [-0.05, 0) is 61.4 Å². The monoisotopic (exact) mass is 403 g/mol. The lowest BCUT2D eigenvalue weighted by atomic mass is 9.90. The van der Waals surface area contributed by atoms with E-state index in [0.29, 0.717) is 24.5 Å². The Kier molecular flexibility index (Phi) is 6.07. The summed E-state index contributed by atoms with van der Waals surface area (Å²) >= 11 is 0. The molecule has 1 heterocycles. The second kappa shape index (κ2) is 9.08. The van der Waals surface area contributed by atoms with Crippen molar-refractivity contribution in [3.05, 3.63) is 71.9 Å². The van der Waals surface area contributed by atoms with Gasteiger partial charge in [0.15, 0.2) is 0 Å². The number of nitrogens with zero attached hydrogens (tertiary/aromatic N) is 1. The lowest BCUT2D eigenvalue weighted by Gasteiger charge is -2.19. The molecule has 0 bridgehead atoms. The fourth-order valence-electron chi connectivity index (χ4n) is 4.35. The lowest BCUT2D eigenvalue weighted by molar-refractivity contribution is -0.122. The minimum absolute atomic E-state index is 0.0886. The van der Waals surface area contributed by atoms with E-state index in [-0.39, 0.29) is 11.7 Å². The predicted molar refractivity (Wildman–Crippen MR) is 115 cm³/mol. The Morgan fingerprint density at radius 1 is 1.13 bits per heavy atom. The van der Waals surface area contributed by atoms with Gasteiger partial charge in [0, 0.05) is 18.0 Å². The van der Waals surface area contributed by atoms with Crippen LogP contribution in [-0.2, 0) is 11.2 Å². The fourth-order valence-corrected chi connectivity index (χ4v) is 4.35. The molecule has 5 nitrogen and oxygen atoms in total. The molecule has 0 saturated heterocycles. The summed E-state index contributed by atoms with van der Waals surface area (Å²) in [5.74, 6) is 0.314. The molecular weight excluding hydrogens is 378 g/mol. The summed E-state index contributed by atoms with van der Waals surface area (Å²) in [5, 5.41) is 10.2. The highest BCUT2D eigenvalue weighted by atomic mass is 16.5. The van der Waals surface area contributed by atoms with Gasteiger partial charge in [-0.2, -0.15) is 0 Å². The molecule has 2 atom stereocenters. The summed E-state index contributed by atoms with van der Waals surface area (Å²) in [7, 11) is 0. The molecule has 1 saturated carbocycles. The third-order valence-corrected chi connectivity index (χ3v) is 5.97. The Hall–Kier alpha value is -3.21. The molecule has 0 aliphatic heterocycles. The Bertz CT molecular complexity index is 1060. The van der Waals surface area contributed by atoms with E-state index in [1.165, 1.54) is 0 Å². The number of aromatic carboxylic acids is 1. The number of carbonyl (C=O) groups excluding carboxylic acids is 1. The summed E-state index contributed by atoms with van der Waals surface area (Å²) < 4.78 is 6.06. The SMILES string of the molecule is O=C(O)c1cccc(CCC[C@H]2CCC(=O)[C@@H]2COc2cccc3cccnc23)c1. The van der Waals surface area contributed by atoms with Crippen molar-refractivity contribution in [1.82, 2.24) is 4.98 Å². The van der Waals surface area contributed by atoms with E-state index < -0.39 is 5.97 Å². The number of hydrogen-bond acceptors (Lipinski definition) is 4. The van der Waals surface area contributed by atoms with E-state index in [9.17, 15) is 9.59 Å². The highest BCUT2D eigenvalue weighted by molar-refractivity contribution is 5.87. The molecule has 5 heteroatoms. The number of pyridine rings is 1. The molecule has 1 fully saturated rings. The van der Waals surface area contributed by atoms with E-state index in [1.807, 2.05) is 36.4 Å². The number of rotatable bonds is 8. The number of carboxylic acids is 1. The van der Waals surface area contributed by atoms with E-state index >= 15 is 0 Å². The van der Waals surface area contributed by atoms with Crippen molar-refractivity contribution < 1.29 is 19.4 Å². The van der Waals surface area contributed by atoms with Crippen LogP contribution in [0, 0.1) is 11.8 Å². The largest absolute Gasteiger partial charge is 0.491 e. The molecule has 1 aliphatic rings. The maximum atomic E-state index is 12.5. The second-order valence-electron chi connectivity index (χ2n) is 7.91. The van der Waals surface area contributed by atoms with E-state index in [0.717, 1.165) is 47.9 Å². The molecule has 1 N–H and O–H groups in total. The molecule has 2 aromatic carbocycles. The highest BCUT2D eigenvalue weighted by Crippen LogP contribution is 2.34. The number of aromatic nitrogens is 1. The zero-order valence-electron chi connectivity index (χ0n) is 16.8. The van der Waals surface area contributed by atoms with E-state index in [1.54, 1.807) is 24.4 Å². The molecule has 154 valence electrons. The molecule has 0 spiro atoms. The Morgan fingerprint density at radius 2 is 1.97 bits per heavy atom. The zero-order valence-corrected chi connectivity index (χ0v) is 16.8. The summed E-state index contributed by atoms with van der Waals surface area (Å²) in [6, 6.07) is 16.8. The Morgan fingerprint density at radius 3 is 2.83 bits per heavy atom. The summed E-state index contributed by atoms with van der Waals surface area (Å²) in [4.78, 5) is 28.0. The van der Waals surface area contributed by atoms with Crippen LogP contribution in [0.15, 0.2) is 60.8 Å². The quantitative estimate of drug-likeness (QED) is 0.577. The van der Waals surface area contributed by atoms with Crippen LogP contribution in [0.1, 0.15) is 41.6 Å². The topological polar surface area (TPSA) is 76.5 Å². The van der Waals surface area contributed by atoms with Crippen molar-refractivity contribution in [2.24, 2.45) is 11.8 Å². The van der Waals surface area contributed by atoms with E-state index in [4.69, 9.17) is 9.84 Å². The number of carbonyl (C=O) groups is 2. The number of hydrogen-bond donors (Lipinski definition) is 1. The van der Waals surface area contributed by atoms with Crippen LogP contribution in [0.5, 0.6) is 5.75 Å². The molecule has 1 aliphatic carbocycles. The third-order valence-electron chi connectivity index (χ3n) is 5.97. The zero-order chi connectivity index (χ0) is 20.9. The van der Waals surface area contributed by atoms with Gasteiger partial charge in [0.2, 0.25) is 0 Å². The smallest absolute Gasteiger partial charge is 0.335 e. The number of ketones is 1. The van der Waals surface area contributed by atoms with E-state index in [2.05, 4.69) is 4.98 Å².